The fraction of sp³-hybridized carbons (Fsp3) is 0.125. The number of ether oxygens (including phenoxy) is 2. The molecule has 1 amide bonds. The van der Waals surface area contributed by atoms with Crippen LogP contribution in [0, 0.1) is 0 Å². The number of sulfonamides is 1. The molecule has 1 aliphatic rings. The van der Waals surface area contributed by atoms with E-state index in [4.69, 9.17) is 9.47 Å². The van der Waals surface area contributed by atoms with Crippen LogP contribution in [-0.2, 0) is 16.6 Å². The predicted molar refractivity (Wildman–Crippen MR) is 123 cm³/mol. The molecule has 0 unspecified atom stereocenters. The molecule has 8 heteroatoms. The summed E-state index contributed by atoms with van der Waals surface area (Å²) in [5.74, 6) is 1.10. The molecule has 0 aromatic heterocycles. The fourth-order valence-electron chi connectivity index (χ4n) is 3.10. The average molecular weight is 451 g/mol. The lowest BCUT2D eigenvalue weighted by molar-refractivity contribution is 0.0951. The molecule has 1 heterocycles. The third kappa shape index (κ3) is 5.67. The first-order chi connectivity index (χ1) is 15.5. The van der Waals surface area contributed by atoms with Crippen LogP contribution in [0.4, 0.5) is 5.69 Å². The summed E-state index contributed by atoms with van der Waals surface area (Å²) in [6, 6.07) is 20.9. The van der Waals surface area contributed by atoms with Gasteiger partial charge in [-0.25, -0.2) is 8.42 Å². The third-order valence-electron chi connectivity index (χ3n) is 4.71. The Morgan fingerprint density at radius 1 is 0.906 bits per heavy atom. The molecule has 0 fully saturated rings. The summed E-state index contributed by atoms with van der Waals surface area (Å²) in [5.41, 5.74) is 2.46. The van der Waals surface area contributed by atoms with E-state index in [0.29, 0.717) is 42.5 Å². The van der Waals surface area contributed by atoms with Crippen LogP contribution >= 0.6 is 0 Å². The van der Waals surface area contributed by atoms with Gasteiger partial charge in [-0.3, -0.25) is 9.52 Å². The van der Waals surface area contributed by atoms with Crippen molar-refractivity contribution in [2.24, 2.45) is 0 Å². The van der Waals surface area contributed by atoms with E-state index in [0.717, 1.165) is 16.5 Å². The smallest absolute Gasteiger partial charge is 0.255 e. The molecule has 7 nitrogen and oxygen atoms in total. The lowest BCUT2D eigenvalue weighted by atomic mass is 10.1. The van der Waals surface area contributed by atoms with Crippen molar-refractivity contribution in [1.29, 1.82) is 0 Å². The maximum Gasteiger partial charge on any atom is 0.255 e. The van der Waals surface area contributed by atoms with Crippen molar-refractivity contribution in [1.82, 2.24) is 5.32 Å². The standard InChI is InChI=1S/C24H22N2O5S/c27-24(25-17-19-6-11-22-23(16-19)31-14-13-30-22)20-7-9-21(10-8-20)26-32(28,29)15-12-18-4-2-1-3-5-18/h1-12,15-16,26H,13-14,17H2,(H,25,27)/b15-12+. The summed E-state index contributed by atoms with van der Waals surface area (Å²) in [7, 11) is -3.67. The molecule has 0 aliphatic carbocycles. The first-order valence-corrected chi connectivity index (χ1v) is 11.6. The summed E-state index contributed by atoms with van der Waals surface area (Å²) >= 11 is 0. The molecule has 2 N–H and O–H groups in total. The van der Waals surface area contributed by atoms with Crippen LogP contribution in [-0.4, -0.2) is 27.5 Å². The van der Waals surface area contributed by atoms with Gasteiger partial charge in [0.2, 0.25) is 0 Å². The number of hydrogen-bond acceptors (Lipinski definition) is 5. The number of rotatable bonds is 7. The second kappa shape index (κ2) is 9.57. The van der Waals surface area contributed by atoms with Gasteiger partial charge in [0.15, 0.2) is 11.5 Å². The minimum Gasteiger partial charge on any atom is -0.486 e. The van der Waals surface area contributed by atoms with Gasteiger partial charge in [0.1, 0.15) is 13.2 Å². The quantitative estimate of drug-likeness (QED) is 0.571. The van der Waals surface area contributed by atoms with Crippen LogP contribution in [0.15, 0.2) is 78.2 Å². The Labute approximate surface area is 186 Å². The molecule has 0 spiro atoms. The van der Waals surface area contributed by atoms with Gasteiger partial charge in [-0.05, 0) is 53.6 Å². The fourth-order valence-corrected chi connectivity index (χ4v) is 3.97. The SMILES string of the molecule is O=C(NCc1ccc2c(c1)OCCO2)c1ccc(NS(=O)(=O)/C=C/c2ccccc2)cc1. The van der Waals surface area contributed by atoms with Gasteiger partial charge in [-0.1, -0.05) is 36.4 Å². The van der Waals surface area contributed by atoms with Gasteiger partial charge in [-0.15, -0.1) is 0 Å². The van der Waals surface area contributed by atoms with Crippen molar-refractivity contribution >= 4 is 27.7 Å². The first kappa shape index (κ1) is 21.5. The highest BCUT2D eigenvalue weighted by Crippen LogP contribution is 2.30. The number of nitrogens with one attached hydrogen (secondary N) is 2. The Morgan fingerprint density at radius 3 is 2.38 bits per heavy atom. The van der Waals surface area contributed by atoms with E-state index in [2.05, 4.69) is 10.0 Å². The maximum atomic E-state index is 12.4. The van der Waals surface area contributed by atoms with Gasteiger partial charge in [0.25, 0.3) is 15.9 Å². The van der Waals surface area contributed by atoms with Crippen LogP contribution in [0.3, 0.4) is 0 Å². The molecule has 3 aromatic rings. The summed E-state index contributed by atoms with van der Waals surface area (Å²) in [6.07, 6.45) is 1.52. The van der Waals surface area contributed by atoms with Crippen molar-refractivity contribution < 1.29 is 22.7 Å². The highest BCUT2D eigenvalue weighted by molar-refractivity contribution is 7.95. The van der Waals surface area contributed by atoms with Gasteiger partial charge in [0, 0.05) is 17.8 Å². The van der Waals surface area contributed by atoms with Crippen LogP contribution in [0.1, 0.15) is 21.5 Å². The zero-order valence-electron chi connectivity index (χ0n) is 17.2. The topological polar surface area (TPSA) is 93.7 Å². The number of anilines is 1. The Balaban J connectivity index is 1.33. The molecular formula is C24H22N2O5S. The van der Waals surface area contributed by atoms with E-state index in [1.807, 2.05) is 48.5 Å². The Bertz CT molecular complexity index is 1220. The van der Waals surface area contributed by atoms with E-state index >= 15 is 0 Å². The highest BCUT2D eigenvalue weighted by Gasteiger charge is 2.13. The molecule has 32 heavy (non-hydrogen) atoms. The second-order valence-electron chi connectivity index (χ2n) is 7.10. The number of amides is 1. The average Bonchev–Trinajstić information content (AvgIpc) is 2.82. The predicted octanol–water partition coefficient (Wildman–Crippen LogP) is 3.80. The number of fused-ring (bicyclic) bond motifs is 1. The number of benzene rings is 3. The van der Waals surface area contributed by atoms with Crippen LogP contribution in [0.2, 0.25) is 0 Å². The number of carbonyl (C=O) groups is 1. The van der Waals surface area contributed by atoms with E-state index < -0.39 is 10.0 Å². The van der Waals surface area contributed by atoms with Crippen LogP contribution in [0.5, 0.6) is 11.5 Å². The molecule has 0 saturated carbocycles. The zero-order valence-corrected chi connectivity index (χ0v) is 18.0. The molecule has 0 atom stereocenters. The monoisotopic (exact) mass is 450 g/mol. The second-order valence-corrected chi connectivity index (χ2v) is 8.66. The van der Waals surface area contributed by atoms with Gasteiger partial charge >= 0.3 is 0 Å². The Morgan fingerprint density at radius 2 is 1.62 bits per heavy atom. The highest BCUT2D eigenvalue weighted by atomic mass is 32.2. The van der Waals surface area contributed by atoms with Crippen molar-refractivity contribution in [2.75, 3.05) is 17.9 Å². The normalized spacial score (nSPS) is 13.0. The van der Waals surface area contributed by atoms with Crippen molar-refractivity contribution in [2.45, 2.75) is 6.54 Å². The van der Waals surface area contributed by atoms with Crippen LogP contribution in [0.25, 0.3) is 6.08 Å². The van der Waals surface area contributed by atoms with Crippen molar-refractivity contribution in [3.8, 4) is 11.5 Å². The molecule has 0 saturated heterocycles. The summed E-state index contributed by atoms with van der Waals surface area (Å²) in [4.78, 5) is 12.4. The number of carbonyl (C=O) groups excluding carboxylic acids is 1. The van der Waals surface area contributed by atoms with Gasteiger partial charge < -0.3 is 14.8 Å². The van der Waals surface area contributed by atoms with Crippen molar-refractivity contribution in [3.05, 3.63) is 94.9 Å². The molecule has 0 radical (unpaired) electrons. The maximum absolute atomic E-state index is 12.4. The van der Waals surface area contributed by atoms with Gasteiger partial charge in [0.05, 0.1) is 5.41 Å². The minimum absolute atomic E-state index is 0.265. The molecular weight excluding hydrogens is 428 g/mol. The van der Waals surface area contributed by atoms with E-state index in [-0.39, 0.29) is 5.91 Å². The molecule has 164 valence electrons. The van der Waals surface area contributed by atoms with E-state index in [9.17, 15) is 13.2 Å². The Hall–Kier alpha value is -3.78. The van der Waals surface area contributed by atoms with E-state index in [1.54, 1.807) is 24.3 Å². The van der Waals surface area contributed by atoms with Crippen molar-refractivity contribution in [3.63, 3.8) is 0 Å². The van der Waals surface area contributed by atoms with Crippen LogP contribution < -0.4 is 19.5 Å². The lowest BCUT2D eigenvalue weighted by Gasteiger charge is -2.19. The Kier molecular flexibility index (Phi) is 6.42. The first-order valence-electron chi connectivity index (χ1n) is 10.0. The minimum atomic E-state index is -3.67. The largest absolute Gasteiger partial charge is 0.486 e. The summed E-state index contributed by atoms with van der Waals surface area (Å²) < 4.78 is 38.0. The third-order valence-corrected chi connectivity index (χ3v) is 5.72. The number of hydrogen-bond donors (Lipinski definition) is 2. The molecule has 0 bridgehead atoms. The molecule has 1 aliphatic heterocycles. The summed E-state index contributed by atoms with van der Waals surface area (Å²) in [6.45, 7) is 1.35. The zero-order chi connectivity index (χ0) is 22.4. The van der Waals surface area contributed by atoms with Gasteiger partial charge in [-0.2, -0.15) is 0 Å². The molecule has 4 rings (SSSR count). The lowest BCUT2D eigenvalue weighted by Crippen LogP contribution is -2.23. The van der Waals surface area contributed by atoms with E-state index in [1.165, 1.54) is 6.08 Å². The summed E-state index contributed by atoms with van der Waals surface area (Å²) in [5, 5.41) is 3.95. The molecule has 3 aromatic carbocycles.